The molecule has 0 bridgehead atoms. The molecule has 0 aliphatic rings. The zero-order valence-electron chi connectivity index (χ0n) is 10.7. The van der Waals surface area contributed by atoms with Crippen LogP contribution >= 0.6 is 0 Å². The van der Waals surface area contributed by atoms with Crippen LogP contribution in [0, 0.1) is 0 Å². The molecule has 19 heavy (non-hydrogen) atoms. The van der Waals surface area contributed by atoms with Crippen molar-refractivity contribution in [3.8, 4) is 0 Å². The molecule has 0 saturated carbocycles. The van der Waals surface area contributed by atoms with Crippen molar-refractivity contribution in [2.45, 2.75) is 13.3 Å². The number of hydrogen-bond acceptors (Lipinski definition) is 3. The minimum atomic E-state index is -0.240. The predicted molar refractivity (Wildman–Crippen MR) is 74.9 cm³/mol. The van der Waals surface area contributed by atoms with Crippen molar-refractivity contribution in [1.29, 1.82) is 0 Å². The minimum Gasteiger partial charge on any atom is -0.466 e. The van der Waals surface area contributed by atoms with E-state index in [1.807, 2.05) is 24.3 Å². The van der Waals surface area contributed by atoms with Crippen LogP contribution in [0.15, 0.2) is 41.3 Å². The van der Waals surface area contributed by atoms with Crippen LogP contribution < -0.4 is 5.56 Å². The van der Waals surface area contributed by atoms with Gasteiger partial charge in [0.15, 0.2) is 0 Å². The normalized spacial score (nSPS) is 11.0. The Morgan fingerprint density at radius 2 is 2.16 bits per heavy atom. The van der Waals surface area contributed by atoms with Gasteiger partial charge in [0.2, 0.25) is 5.56 Å². The number of rotatable bonds is 4. The number of H-pyrrole nitrogens is 1. The van der Waals surface area contributed by atoms with Crippen LogP contribution in [-0.4, -0.2) is 17.6 Å². The van der Waals surface area contributed by atoms with Gasteiger partial charge >= 0.3 is 5.97 Å². The predicted octanol–water partition coefficient (Wildman–Crippen LogP) is 2.49. The van der Waals surface area contributed by atoms with Crippen LogP contribution in [-0.2, 0) is 9.53 Å². The average molecular weight is 257 g/mol. The highest BCUT2D eigenvalue weighted by molar-refractivity contribution is 5.84. The molecule has 0 aliphatic carbocycles. The Bertz CT molecular complexity index is 670. The molecule has 1 aromatic carbocycles. The summed E-state index contributed by atoms with van der Waals surface area (Å²) < 4.78 is 4.83. The van der Waals surface area contributed by atoms with Crippen molar-refractivity contribution in [2.75, 3.05) is 6.61 Å². The Morgan fingerprint density at radius 3 is 2.95 bits per heavy atom. The van der Waals surface area contributed by atoms with Gasteiger partial charge in [-0.05, 0) is 29.3 Å². The number of aromatic amines is 1. The van der Waals surface area contributed by atoms with E-state index in [-0.39, 0.29) is 17.9 Å². The molecule has 1 heterocycles. The van der Waals surface area contributed by atoms with E-state index >= 15 is 0 Å². The SMILES string of the molecule is CCOC(=O)CC=Cc1ccc2c[nH]c(=O)cc2c1. The van der Waals surface area contributed by atoms with E-state index < -0.39 is 0 Å². The van der Waals surface area contributed by atoms with Crippen molar-refractivity contribution in [3.05, 3.63) is 52.5 Å². The van der Waals surface area contributed by atoms with Crippen LogP contribution in [0.4, 0.5) is 0 Å². The molecule has 0 fully saturated rings. The lowest BCUT2D eigenvalue weighted by molar-refractivity contribution is -0.142. The van der Waals surface area contributed by atoms with Gasteiger partial charge < -0.3 is 9.72 Å². The van der Waals surface area contributed by atoms with Crippen molar-refractivity contribution in [2.24, 2.45) is 0 Å². The monoisotopic (exact) mass is 257 g/mol. The summed E-state index contributed by atoms with van der Waals surface area (Å²) in [5.41, 5.74) is 0.822. The minimum absolute atomic E-state index is 0.125. The Hall–Kier alpha value is -2.36. The first-order valence-corrected chi connectivity index (χ1v) is 6.13. The first-order chi connectivity index (χ1) is 9.19. The summed E-state index contributed by atoms with van der Waals surface area (Å²) in [7, 11) is 0. The molecular formula is C15H15NO3. The lowest BCUT2D eigenvalue weighted by atomic mass is 10.1. The molecule has 1 aromatic heterocycles. The second-order valence-corrected chi connectivity index (χ2v) is 4.10. The molecule has 0 radical (unpaired) electrons. The van der Waals surface area contributed by atoms with Crippen molar-refractivity contribution >= 4 is 22.8 Å². The first-order valence-electron chi connectivity index (χ1n) is 6.13. The molecule has 1 N–H and O–H groups in total. The molecule has 0 atom stereocenters. The van der Waals surface area contributed by atoms with Gasteiger partial charge in [0.05, 0.1) is 13.0 Å². The Kier molecular flexibility index (Phi) is 4.13. The van der Waals surface area contributed by atoms with Crippen LogP contribution in [0.1, 0.15) is 18.9 Å². The van der Waals surface area contributed by atoms with Gasteiger partial charge in [0.25, 0.3) is 0 Å². The standard InChI is InChI=1S/C15H15NO3/c1-2-19-15(18)5-3-4-11-6-7-12-10-16-14(17)9-13(12)8-11/h3-4,6-10H,2,5H2,1H3,(H,16,17). The van der Waals surface area contributed by atoms with E-state index in [1.54, 1.807) is 25.3 Å². The molecule has 0 unspecified atom stereocenters. The molecular weight excluding hydrogens is 242 g/mol. The summed E-state index contributed by atoms with van der Waals surface area (Å²) >= 11 is 0. The molecule has 0 saturated heterocycles. The molecule has 0 aliphatic heterocycles. The van der Waals surface area contributed by atoms with Gasteiger partial charge in [-0.25, -0.2) is 0 Å². The summed E-state index contributed by atoms with van der Waals surface area (Å²) in [5, 5.41) is 1.85. The van der Waals surface area contributed by atoms with Crippen LogP contribution in [0.5, 0.6) is 0 Å². The number of fused-ring (bicyclic) bond motifs is 1. The topological polar surface area (TPSA) is 59.2 Å². The number of ether oxygens (including phenoxy) is 1. The van der Waals surface area contributed by atoms with Gasteiger partial charge in [-0.15, -0.1) is 0 Å². The number of hydrogen-bond donors (Lipinski definition) is 1. The number of pyridine rings is 1. The zero-order valence-corrected chi connectivity index (χ0v) is 10.7. The van der Waals surface area contributed by atoms with Gasteiger partial charge in [-0.1, -0.05) is 24.3 Å². The van der Waals surface area contributed by atoms with Gasteiger partial charge in [-0.2, -0.15) is 0 Å². The largest absolute Gasteiger partial charge is 0.466 e. The van der Waals surface area contributed by atoms with Gasteiger partial charge in [0.1, 0.15) is 0 Å². The van der Waals surface area contributed by atoms with Crippen LogP contribution in [0.2, 0.25) is 0 Å². The molecule has 0 amide bonds. The Labute approximate surface area is 110 Å². The second-order valence-electron chi connectivity index (χ2n) is 4.10. The molecule has 2 aromatic rings. The molecule has 4 nitrogen and oxygen atoms in total. The average Bonchev–Trinajstić information content (AvgIpc) is 2.38. The van der Waals surface area contributed by atoms with Crippen LogP contribution in [0.25, 0.3) is 16.8 Å². The summed E-state index contributed by atoms with van der Waals surface area (Å²) in [5.74, 6) is -0.240. The summed E-state index contributed by atoms with van der Waals surface area (Å²) in [6, 6.07) is 7.32. The maximum absolute atomic E-state index is 11.2. The highest BCUT2D eigenvalue weighted by Gasteiger charge is 1.98. The van der Waals surface area contributed by atoms with Crippen molar-refractivity contribution < 1.29 is 9.53 Å². The number of aromatic nitrogens is 1. The molecule has 2 rings (SSSR count). The Morgan fingerprint density at radius 1 is 1.32 bits per heavy atom. The highest BCUT2D eigenvalue weighted by Crippen LogP contribution is 2.14. The molecule has 4 heteroatoms. The van der Waals surface area contributed by atoms with E-state index in [0.29, 0.717) is 6.61 Å². The lowest BCUT2D eigenvalue weighted by Crippen LogP contribution is -2.01. The number of nitrogens with one attached hydrogen (secondary N) is 1. The first kappa shape index (κ1) is 13.1. The van der Waals surface area contributed by atoms with E-state index in [1.165, 1.54) is 0 Å². The summed E-state index contributed by atoms with van der Waals surface area (Å²) in [6.07, 6.45) is 5.54. The fraction of sp³-hybridized carbons (Fsp3) is 0.200. The maximum Gasteiger partial charge on any atom is 0.309 e. The van der Waals surface area contributed by atoms with E-state index in [0.717, 1.165) is 16.3 Å². The number of carbonyl (C=O) groups excluding carboxylic acids is 1. The summed E-state index contributed by atoms with van der Waals surface area (Å²) in [4.78, 5) is 25.0. The van der Waals surface area contributed by atoms with Crippen molar-refractivity contribution in [3.63, 3.8) is 0 Å². The van der Waals surface area contributed by atoms with Crippen LogP contribution in [0.3, 0.4) is 0 Å². The third-order valence-electron chi connectivity index (χ3n) is 2.67. The van der Waals surface area contributed by atoms with Gasteiger partial charge in [0, 0.05) is 12.3 Å². The van der Waals surface area contributed by atoms with Gasteiger partial charge in [-0.3, -0.25) is 9.59 Å². The molecule has 98 valence electrons. The van der Waals surface area contributed by atoms with Crippen molar-refractivity contribution in [1.82, 2.24) is 4.98 Å². The quantitative estimate of drug-likeness (QED) is 0.856. The number of carbonyl (C=O) groups is 1. The fourth-order valence-corrected chi connectivity index (χ4v) is 1.80. The molecule has 0 spiro atoms. The zero-order chi connectivity index (χ0) is 13.7. The maximum atomic E-state index is 11.2. The number of esters is 1. The van der Waals surface area contributed by atoms with E-state index in [9.17, 15) is 9.59 Å². The fourth-order valence-electron chi connectivity index (χ4n) is 1.80. The third-order valence-corrected chi connectivity index (χ3v) is 2.67. The smallest absolute Gasteiger partial charge is 0.309 e. The lowest BCUT2D eigenvalue weighted by Gasteiger charge is -1.99. The number of benzene rings is 1. The van der Waals surface area contributed by atoms with E-state index in [2.05, 4.69) is 4.98 Å². The third kappa shape index (κ3) is 3.55. The van der Waals surface area contributed by atoms with E-state index in [4.69, 9.17) is 4.74 Å². The highest BCUT2D eigenvalue weighted by atomic mass is 16.5. The second kappa shape index (κ2) is 6.00. The summed E-state index contributed by atoms with van der Waals surface area (Å²) in [6.45, 7) is 2.17. The Balaban J connectivity index is 2.15.